The molecule has 0 aliphatic heterocycles. The largest absolute Gasteiger partial charge is 0.464 e. The maximum absolute atomic E-state index is 9.59. The second-order valence-corrected chi connectivity index (χ2v) is 4.76. The highest BCUT2D eigenvalue weighted by Crippen LogP contribution is 2.34. The lowest BCUT2D eigenvalue weighted by Crippen LogP contribution is -2.39. The lowest BCUT2D eigenvalue weighted by molar-refractivity contribution is 0.214. The molecule has 2 heterocycles. The Bertz CT molecular complexity index is 515. The predicted molar refractivity (Wildman–Crippen MR) is 65.9 cm³/mol. The summed E-state index contributed by atoms with van der Waals surface area (Å²) in [7, 11) is 0. The first kappa shape index (κ1) is 10.6. The molecule has 1 saturated carbocycles. The summed E-state index contributed by atoms with van der Waals surface area (Å²) in [6.45, 7) is 0.156. The van der Waals surface area contributed by atoms with Crippen LogP contribution in [0.5, 0.6) is 0 Å². The van der Waals surface area contributed by atoms with Gasteiger partial charge in [0.2, 0.25) is 0 Å². The van der Waals surface area contributed by atoms with Crippen molar-refractivity contribution in [2.75, 3.05) is 11.9 Å². The minimum absolute atomic E-state index is 0.156. The number of fused-ring (bicyclic) bond motifs is 1. The summed E-state index contributed by atoms with van der Waals surface area (Å²) < 4.78 is 5.35. The summed E-state index contributed by atoms with van der Waals surface area (Å²) in [6, 6.07) is 3.76. The number of aromatic nitrogens is 1. The molecule has 2 aromatic rings. The number of hydrogen-bond donors (Lipinski definition) is 2. The average molecular weight is 232 g/mol. The molecule has 17 heavy (non-hydrogen) atoms. The quantitative estimate of drug-likeness (QED) is 0.853. The number of nitrogens with zero attached hydrogens (tertiary/aromatic N) is 1. The zero-order valence-electron chi connectivity index (χ0n) is 9.65. The molecule has 0 spiro atoms. The molecule has 4 heteroatoms. The third-order valence-corrected chi connectivity index (χ3v) is 3.63. The van der Waals surface area contributed by atoms with Crippen LogP contribution in [-0.4, -0.2) is 22.2 Å². The van der Waals surface area contributed by atoms with E-state index in [1.807, 2.05) is 12.1 Å². The van der Waals surface area contributed by atoms with E-state index in [0.29, 0.717) is 0 Å². The van der Waals surface area contributed by atoms with Gasteiger partial charge in [0.1, 0.15) is 11.4 Å². The molecule has 0 bridgehead atoms. The molecule has 0 amide bonds. The van der Waals surface area contributed by atoms with E-state index in [0.717, 1.165) is 42.5 Å². The van der Waals surface area contributed by atoms with Gasteiger partial charge in [-0.3, -0.25) is 0 Å². The van der Waals surface area contributed by atoms with Crippen molar-refractivity contribution in [1.29, 1.82) is 0 Å². The van der Waals surface area contributed by atoms with Crippen LogP contribution in [0, 0.1) is 0 Å². The fraction of sp³-hybridized carbons (Fsp3) is 0.462. The molecule has 2 N–H and O–H groups in total. The van der Waals surface area contributed by atoms with E-state index in [2.05, 4.69) is 10.3 Å². The number of aliphatic hydroxyl groups is 1. The van der Waals surface area contributed by atoms with Gasteiger partial charge in [-0.25, -0.2) is 4.98 Å². The van der Waals surface area contributed by atoms with Crippen LogP contribution >= 0.6 is 0 Å². The molecular formula is C13H16N2O2. The van der Waals surface area contributed by atoms with Crippen molar-refractivity contribution < 1.29 is 9.52 Å². The second-order valence-electron chi connectivity index (χ2n) is 4.76. The van der Waals surface area contributed by atoms with Crippen LogP contribution < -0.4 is 5.32 Å². The number of rotatable bonds is 3. The number of aliphatic hydroxyl groups excluding tert-OH is 1. The fourth-order valence-corrected chi connectivity index (χ4v) is 2.62. The van der Waals surface area contributed by atoms with Crippen LogP contribution in [0.2, 0.25) is 0 Å². The standard InChI is InChI=1S/C13H16N2O2/c16-9-13(5-1-2-6-13)15-12-10-4-8-17-11(10)3-7-14-12/h3-4,7-8,16H,1-2,5-6,9H2,(H,14,15). The van der Waals surface area contributed by atoms with Crippen LogP contribution in [0.1, 0.15) is 25.7 Å². The van der Waals surface area contributed by atoms with Gasteiger partial charge in [-0.1, -0.05) is 12.8 Å². The van der Waals surface area contributed by atoms with Crippen LogP contribution in [0.3, 0.4) is 0 Å². The smallest absolute Gasteiger partial charge is 0.139 e. The monoisotopic (exact) mass is 232 g/mol. The lowest BCUT2D eigenvalue weighted by Gasteiger charge is -2.28. The van der Waals surface area contributed by atoms with Crippen molar-refractivity contribution in [3.05, 3.63) is 24.6 Å². The second kappa shape index (κ2) is 4.04. The third kappa shape index (κ3) is 1.78. The molecule has 1 aliphatic rings. The zero-order valence-corrected chi connectivity index (χ0v) is 9.65. The molecule has 1 aliphatic carbocycles. The Labute approximate surface area is 99.7 Å². The minimum atomic E-state index is -0.196. The fourth-order valence-electron chi connectivity index (χ4n) is 2.62. The molecule has 0 atom stereocenters. The Morgan fingerprint density at radius 3 is 2.94 bits per heavy atom. The highest BCUT2D eigenvalue weighted by atomic mass is 16.3. The van der Waals surface area contributed by atoms with Crippen LogP contribution in [0.15, 0.2) is 29.0 Å². The average Bonchev–Trinajstić information content (AvgIpc) is 2.98. The number of hydrogen-bond acceptors (Lipinski definition) is 4. The third-order valence-electron chi connectivity index (χ3n) is 3.63. The molecular weight excluding hydrogens is 216 g/mol. The van der Waals surface area contributed by atoms with Gasteiger partial charge in [-0.05, 0) is 25.0 Å². The highest BCUT2D eigenvalue weighted by molar-refractivity contribution is 5.88. The Morgan fingerprint density at radius 2 is 2.18 bits per heavy atom. The number of nitrogens with one attached hydrogen (secondary N) is 1. The molecule has 3 rings (SSSR count). The first-order valence-electron chi connectivity index (χ1n) is 6.04. The Morgan fingerprint density at radius 1 is 1.35 bits per heavy atom. The lowest BCUT2D eigenvalue weighted by atomic mass is 9.99. The van der Waals surface area contributed by atoms with Crippen LogP contribution in [-0.2, 0) is 0 Å². The van der Waals surface area contributed by atoms with Gasteiger partial charge in [-0.2, -0.15) is 0 Å². The molecule has 0 unspecified atom stereocenters. The highest BCUT2D eigenvalue weighted by Gasteiger charge is 2.33. The van der Waals surface area contributed by atoms with Crippen molar-refractivity contribution in [2.24, 2.45) is 0 Å². The van der Waals surface area contributed by atoms with E-state index in [-0.39, 0.29) is 12.1 Å². The molecule has 0 radical (unpaired) electrons. The maximum Gasteiger partial charge on any atom is 0.139 e. The van der Waals surface area contributed by atoms with E-state index < -0.39 is 0 Å². The predicted octanol–water partition coefficient (Wildman–Crippen LogP) is 2.54. The van der Waals surface area contributed by atoms with Crippen molar-refractivity contribution in [3.63, 3.8) is 0 Å². The van der Waals surface area contributed by atoms with Crippen LogP contribution in [0.4, 0.5) is 5.82 Å². The first-order chi connectivity index (χ1) is 8.33. The normalized spacial score (nSPS) is 18.6. The summed E-state index contributed by atoms with van der Waals surface area (Å²) in [4.78, 5) is 4.35. The molecule has 1 fully saturated rings. The minimum Gasteiger partial charge on any atom is -0.464 e. The maximum atomic E-state index is 9.59. The van der Waals surface area contributed by atoms with Crippen LogP contribution in [0.25, 0.3) is 11.0 Å². The topological polar surface area (TPSA) is 58.3 Å². The first-order valence-corrected chi connectivity index (χ1v) is 6.04. The molecule has 4 nitrogen and oxygen atoms in total. The molecule has 0 saturated heterocycles. The van der Waals surface area contributed by atoms with E-state index in [1.165, 1.54) is 0 Å². The van der Waals surface area contributed by atoms with Gasteiger partial charge in [0, 0.05) is 6.20 Å². The molecule has 90 valence electrons. The van der Waals surface area contributed by atoms with Gasteiger partial charge in [0.05, 0.1) is 23.8 Å². The van der Waals surface area contributed by atoms with E-state index in [9.17, 15) is 5.11 Å². The zero-order chi connectivity index (χ0) is 11.7. The molecule has 2 aromatic heterocycles. The SMILES string of the molecule is OCC1(Nc2nccc3occc23)CCCC1. The van der Waals surface area contributed by atoms with Crippen molar-refractivity contribution in [2.45, 2.75) is 31.2 Å². The van der Waals surface area contributed by atoms with Gasteiger partial charge < -0.3 is 14.8 Å². The van der Waals surface area contributed by atoms with Gasteiger partial charge in [0.15, 0.2) is 0 Å². The summed E-state index contributed by atoms with van der Waals surface area (Å²) >= 11 is 0. The van der Waals surface area contributed by atoms with E-state index in [1.54, 1.807) is 12.5 Å². The van der Waals surface area contributed by atoms with E-state index in [4.69, 9.17) is 4.42 Å². The van der Waals surface area contributed by atoms with Gasteiger partial charge >= 0.3 is 0 Å². The summed E-state index contributed by atoms with van der Waals surface area (Å²) in [5.41, 5.74) is 0.632. The van der Waals surface area contributed by atoms with Gasteiger partial charge in [0.25, 0.3) is 0 Å². The number of anilines is 1. The summed E-state index contributed by atoms with van der Waals surface area (Å²) in [5.74, 6) is 0.812. The number of furan rings is 1. The van der Waals surface area contributed by atoms with Crippen molar-refractivity contribution >= 4 is 16.8 Å². The Kier molecular flexibility index (Phi) is 2.52. The summed E-state index contributed by atoms with van der Waals surface area (Å²) in [6.07, 6.45) is 7.72. The summed E-state index contributed by atoms with van der Waals surface area (Å²) in [5, 5.41) is 14.0. The van der Waals surface area contributed by atoms with E-state index >= 15 is 0 Å². The Balaban J connectivity index is 1.96. The van der Waals surface area contributed by atoms with Gasteiger partial charge in [-0.15, -0.1) is 0 Å². The molecule has 0 aromatic carbocycles. The van der Waals surface area contributed by atoms with Crippen molar-refractivity contribution in [3.8, 4) is 0 Å². The van der Waals surface area contributed by atoms with Crippen molar-refractivity contribution in [1.82, 2.24) is 4.98 Å². The number of pyridine rings is 1. The Hall–Kier alpha value is -1.55.